The number of halogens is 1. The number of hydrogen-bond donors (Lipinski definition) is 2. The average Bonchev–Trinajstić information content (AvgIpc) is 2.84. The van der Waals surface area contributed by atoms with E-state index in [1.165, 1.54) is 6.08 Å². The van der Waals surface area contributed by atoms with Crippen LogP contribution in [-0.2, 0) is 6.61 Å². The third-order valence-electron chi connectivity index (χ3n) is 3.09. The Morgan fingerprint density at radius 2 is 2.19 bits per heavy atom. The number of nitrogen functional groups attached to an aromatic ring is 1. The molecule has 0 atom stereocenters. The van der Waals surface area contributed by atoms with Crippen molar-refractivity contribution in [2.24, 2.45) is 0 Å². The quantitative estimate of drug-likeness (QED) is 0.841. The van der Waals surface area contributed by atoms with E-state index in [-0.39, 0.29) is 18.3 Å². The Morgan fingerprint density at radius 1 is 1.48 bits per heavy atom. The Morgan fingerprint density at radius 3 is 2.76 bits per heavy atom. The Bertz CT molecular complexity index is 753. The van der Waals surface area contributed by atoms with E-state index < -0.39 is 0 Å². The number of hydrogen-bond acceptors (Lipinski definition) is 4. The zero-order chi connectivity index (χ0) is 15.6. The predicted molar refractivity (Wildman–Crippen MR) is 82.0 cm³/mol. The minimum atomic E-state index is -0.374. The molecule has 0 radical (unpaired) electrons. The molecular formula is C16H17FN2O2. The molecule has 1 heterocycles. The van der Waals surface area contributed by atoms with Gasteiger partial charge in [-0.3, -0.25) is 0 Å². The first kappa shape index (κ1) is 15.0. The van der Waals surface area contributed by atoms with Crippen LogP contribution in [0.4, 0.5) is 10.2 Å². The third kappa shape index (κ3) is 2.73. The first-order valence-electron chi connectivity index (χ1n) is 6.44. The summed E-state index contributed by atoms with van der Waals surface area (Å²) in [5.74, 6) is -0.168. The second-order valence-corrected chi connectivity index (χ2v) is 4.88. The van der Waals surface area contributed by atoms with Gasteiger partial charge in [0.05, 0.1) is 12.0 Å². The van der Waals surface area contributed by atoms with Gasteiger partial charge >= 0.3 is 0 Å². The van der Waals surface area contributed by atoms with E-state index in [0.717, 1.165) is 0 Å². The highest BCUT2D eigenvalue weighted by Crippen LogP contribution is 2.35. The monoisotopic (exact) mass is 288 g/mol. The Balaban J connectivity index is 2.82. The largest absolute Gasteiger partial charge is 0.392 e. The summed E-state index contributed by atoms with van der Waals surface area (Å²) in [5.41, 5.74) is 8.06. The van der Waals surface area contributed by atoms with Crippen molar-refractivity contribution in [3.63, 3.8) is 0 Å². The Kier molecular flexibility index (Phi) is 4.23. The molecule has 2 aromatic rings. The van der Waals surface area contributed by atoms with Gasteiger partial charge in [-0.05, 0) is 37.1 Å². The van der Waals surface area contributed by atoms with Crippen molar-refractivity contribution in [1.82, 2.24) is 5.16 Å². The number of rotatable bonds is 4. The van der Waals surface area contributed by atoms with E-state index >= 15 is 0 Å². The second kappa shape index (κ2) is 5.93. The fourth-order valence-electron chi connectivity index (χ4n) is 2.08. The third-order valence-corrected chi connectivity index (χ3v) is 3.09. The van der Waals surface area contributed by atoms with Crippen molar-refractivity contribution in [2.75, 3.05) is 5.73 Å². The molecule has 0 aliphatic rings. The summed E-state index contributed by atoms with van der Waals surface area (Å²) in [6, 6.07) is 3.33. The summed E-state index contributed by atoms with van der Waals surface area (Å²) in [6.45, 7) is 6.77. The van der Waals surface area contributed by atoms with Crippen LogP contribution in [0.3, 0.4) is 0 Å². The topological polar surface area (TPSA) is 72.3 Å². The van der Waals surface area contributed by atoms with E-state index in [2.05, 4.69) is 11.7 Å². The van der Waals surface area contributed by atoms with Gasteiger partial charge < -0.3 is 15.4 Å². The van der Waals surface area contributed by atoms with Crippen LogP contribution in [0.5, 0.6) is 0 Å². The predicted octanol–water partition coefficient (Wildman–Crippen LogP) is 3.74. The number of benzene rings is 1. The molecule has 21 heavy (non-hydrogen) atoms. The van der Waals surface area contributed by atoms with Crippen LogP contribution in [0.15, 0.2) is 46.8 Å². The lowest BCUT2D eigenvalue weighted by Crippen LogP contribution is -1.93. The van der Waals surface area contributed by atoms with Crippen LogP contribution >= 0.6 is 0 Å². The molecule has 0 aliphatic heterocycles. The molecule has 0 bridgehead atoms. The molecule has 1 aromatic carbocycles. The molecule has 110 valence electrons. The minimum absolute atomic E-state index is 0.189. The smallest absolute Gasteiger partial charge is 0.177 e. The van der Waals surface area contributed by atoms with E-state index in [9.17, 15) is 9.50 Å². The summed E-state index contributed by atoms with van der Waals surface area (Å²) in [5, 5.41) is 13.6. The fraction of sp³-hybridized carbons (Fsp3) is 0.188. The summed E-state index contributed by atoms with van der Waals surface area (Å²) in [6.07, 6.45) is 3.05. The van der Waals surface area contributed by atoms with Crippen LogP contribution in [0.2, 0.25) is 0 Å². The van der Waals surface area contributed by atoms with Gasteiger partial charge in [0.2, 0.25) is 0 Å². The van der Waals surface area contributed by atoms with Crippen LogP contribution in [-0.4, -0.2) is 10.3 Å². The van der Waals surface area contributed by atoms with Crippen molar-refractivity contribution in [3.8, 4) is 0 Å². The maximum Gasteiger partial charge on any atom is 0.177 e. The molecule has 0 amide bonds. The molecule has 3 N–H and O–H groups in total. The molecule has 1 aromatic heterocycles. The number of aromatic nitrogens is 1. The number of aliphatic hydroxyl groups excluding tert-OH is 1. The minimum Gasteiger partial charge on any atom is -0.392 e. The van der Waals surface area contributed by atoms with Gasteiger partial charge in [-0.25, -0.2) is 4.39 Å². The highest BCUT2D eigenvalue weighted by Gasteiger charge is 2.18. The zero-order valence-electron chi connectivity index (χ0n) is 12.0. The van der Waals surface area contributed by atoms with E-state index in [1.54, 1.807) is 32.1 Å². The summed E-state index contributed by atoms with van der Waals surface area (Å²) >= 11 is 0. The van der Waals surface area contributed by atoms with Crippen molar-refractivity contribution in [3.05, 3.63) is 53.4 Å². The SMILES string of the molecule is C=C/C=C(\C(F)=C(C)C)c1cc(CO)cc2c(N)noc12. The number of allylic oxidation sites excluding steroid dienone is 5. The van der Waals surface area contributed by atoms with E-state index in [4.69, 9.17) is 10.3 Å². The lowest BCUT2D eigenvalue weighted by molar-refractivity contribution is 0.282. The Labute approximate surface area is 122 Å². The molecular weight excluding hydrogens is 271 g/mol. The maximum absolute atomic E-state index is 14.4. The van der Waals surface area contributed by atoms with Gasteiger partial charge in [-0.15, -0.1) is 0 Å². The molecule has 5 heteroatoms. The fourth-order valence-corrected chi connectivity index (χ4v) is 2.08. The number of aliphatic hydroxyl groups is 1. The molecule has 0 aliphatic carbocycles. The van der Waals surface area contributed by atoms with Crippen LogP contribution in [0.1, 0.15) is 25.0 Å². The van der Waals surface area contributed by atoms with Gasteiger partial charge in [0.15, 0.2) is 11.4 Å². The standard InChI is InChI=1S/C16H17FN2O2/c1-4-5-11(14(17)9(2)3)12-6-10(8-20)7-13-15(12)21-19-16(13)18/h4-7,20H,1,8H2,2-3H3,(H2,18,19)/b11-5-. The molecule has 2 rings (SSSR count). The van der Waals surface area contributed by atoms with Gasteiger partial charge in [0.1, 0.15) is 5.83 Å². The number of nitrogens with two attached hydrogens (primary N) is 1. The molecule has 0 spiro atoms. The van der Waals surface area contributed by atoms with Gasteiger partial charge in [0, 0.05) is 11.1 Å². The van der Waals surface area contributed by atoms with Crippen molar-refractivity contribution >= 4 is 22.4 Å². The highest BCUT2D eigenvalue weighted by molar-refractivity contribution is 5.98. The molecule has 0 unspecified atom stereocenters. The lowest BCUT2D eigenvalue weighted by atomic mass is 9.97. The van der Waals surface area contributed by atoms with Crippen molar-refractivity contribution in [2.45, 2.75) is 20.5 Å². The van der Waals surface area contributed by atoms with Crippen LogP contribution < -0.4 is 5.73 Å². The van der Waals surface area contributed by atoms with E-state index in [1.807, 2.05) is 0 Å². The zero-order valence-corrected chi connectivity index (χ0v) is 12.0. The van der Waals surface area contributed by atoms with Gasteiger partial charge in [-0.1, -0.05) is 23.9 Å². The van der Waals surface area contributed by atoms with E-state index in [0.29, 0.717) is 33.2 Å². The van der Waals surface area contributed by atoms with Crippen molar-refractivity contribution < 1.29 is 14.0 Å². The summed E-state index contributed by atoms with van der Waals surface area (Å²) in [7, 11) is 0. The number of nitrogens with zero attached hydrogens (tertiary/aromatic N) is 1. The Hall–Kier alpha value is -2.40. The maximum atomic E-state index is 14.4. The first-order valence-corrected chi connectivity index (χ1v) is 6.44. The summed E-state index contributed by atoms with van der Waals surface area (Å²) in [4.78, 5) is 0. The molecule has 0 saturated carbocycles. The summed E-state index contributed by atoms with van der Waals surface area (Å²) < 4.78 is 19.7. The first-order chi connectivity index (χ1) is 9.99. The molecule has 4 nitrogen and oxygen atoms in total. The highest BCUT2D eigenvalue weighted by atomic mass is 19.1. The number of fused-ring (bicyclic) bond motifs is 1. The lowest BCUT2D eigenvalue weighted by Gasteiger charge is -2.09. The molecule has 0 saturated heterocycles. The van der Waals surface area contributed by atoms with Gasteiger partial charge in [-0.2, -0.15) is 0 Å². The molecule has 0 fully saturated rings. The average molecular weight is 288 g/mol. The van der Waals surface area contributed by atoms with Crippen LogP contribution in [0.25, 0.3) is 16.5 Å². The van der Waals surface area contributed by atoms with Crippen LogP contribution in [0, 0.1) is 0 Å². The van der Waals surface area contributed by atoms with Crippen molar-refractivity contribution in [1.29, 1.82) is 0 Å². The van der Waals surface area contributed by atoms with Gasteiger partial charge in [0.25, 0.3) is 0 Å². The number of anilines is 1. The second-order valence-electron chi connectivity index (χ2n) is 4.88. The normalized spacial score (nSPS) is 11.7.